The molecule has 0 heterocycles. The third-order valence-corrected chi connectivity index (χ3v) is 0. The van der Waals surface area contributed by atoms with Crippen LogP contribution in [0.4, 0.5) is 0 Å². The smallest absolute Gasteiger partial charge is 1.00 e. The minimum atomic E-state index is -5.33. The van der Waals surface area contributed by atoms with Crippen molar-refractivity contribution in [1.82, 2.24) is 0 Å². The molecule has 0 rings (SSSR count). The van der Waals surface area contributed by atoms with Gasteiger partial charge in [0.15, 0.2) is 0 Å². The Bertz CT molecular complexity index is 67.1. The van der Waals surface area contributed by atoms with Crippen molar-refractivity contribution in [3.05, 3.63) is 0 Å². The van der Waals surface area contributed by atoms with E-state index in [-0.39, 0.29) is 1.43 Å². The fourth-order valence-corrected chi connectivity index (χ4v) is 0. The van der Waals surface area contributed by atoms with Crippen LogP contribution in [0, 0.1) is 0 Å². The molecule has 0 aromatic carbocycles. The van der Waals surface area contributed by atoms with Gasteiger partial charge in [0, 0.05) is 0 Å². The van der Waals surface area contributed by atoms with Crippen LogP contribution >= 0.6 is 57.5 Å². The summed E-state index contributed by atoms with van der Waals surface area (Å²) in [5.41, 5.74) is 0. The van der Waals surface area contributed by atoms with Crippen LogP contribution in [-0.2, 0) is 6.81 Å². The molecule has 0 nitrogen and oxygen atoms in total. The first-order chi connectivity index (χ1) is 2.45. The van der Waals surface area contributed by atoms with Gasteiger partial charge in [-0.15, -0.1) is 0 Å². The maximum Gasteiger partial charge on any atom is 1.00 e. The van der Waals surface area contributed by atoms with Crippen molar-refractivity contribution < 1.29 is 8.23 Å². The predicted octanol–water partition coefficient (Wildman–Crippen LogP) is 4.25. The molecule has 0 radical (unpaired) electrons. The maximum atomic E-state index is 5.06. The molecule has 7 heavy (non-hydrogen) atoms. The second-order valence-electron chi connectivity index (χ2n) is 0.714. The van der Waals surface area contributed by atoms with E-state index in [1.165, 1.54) is 0 Å². The van der Waals surface area contributed by atoms with Crippen molar-refractivity contribution in [2.75, 3.05) is 0 Å². The largest absolute Gasteiger partial charge is 1.00 e. The van der Waals surface area contributed by atoms with Gasteiger partial charge in [0.05, 0.1) is 0 Å². The number of rotatable bonds is 0. The van der Waals surface area contributed by atoms with Crippen LogP contribution in [0.1, 0.15) is 1.43 Å². The molecule has 0 unspecified atom stereocenters. The van der Waals surface area contributed by atoms with E-state index in [0.29, 0.717) is 0 Å². The van der Waals surface area contributed by atoms with Crippen molar-refractivity contribution in [3.63, 3.8) is 0 Å². The Morgan fingerprint density at radius 3 is 0.714 bits per heavy atom. The monoisotopic (exact) mass is 404 g/mol. The Kier molecular flexibility index (Phi) is 2.03. The van der Waals surface area contributed by atoms with Crippen LogP contribution in [0.25, 0.3) is 0 Å². The molecule has 0 fully saturated rings. The van der Waals surface area contributed by atoms with Gasteiger partial charge in [0.2, 0.25) is 0 Å². The molecule has 7 heteroatoms. The van der Waals surface area contributed by atoms with Gasteiger partial charge in [-0.1, -0.05) is 0 Å². The van der Waals surface area contributed by atoms with Crippen LogP contribution in [0.5, 0.6) is 0 Å². The average Bonchev–Trinajstić information content (AvgIpc) is 0.592. The molecule has 0 saturated heterocycles. The summed E-state index contributed by atoms with van der Waals surface area (Å²) in [4.78, 5) is 0. The molecule has 0 N–H and O–H groups in total. The van der Waals surface area contributed by atoms with E-state index in [9.17, 15) is 0 Å². The number of hydrogen-bond acceptors (Lipinski definition) is 0. The van der Waals surface area contributed by atoms with E-state index >= 15 is 0 Å². The molecule has 0 saturated carbocycles. The summed E-state index contributed by atoms with van der Waals surface area (Å²) < 4.78 is 0. The Morgan fingerprint density at radius 1 is 0.714 bits per heavy atom. The summed E-state index contributed by atoms with van der Waals surface area (Å²) in [6, 6.07) is 0. The van der Waals surface area contributed by atoms with E-state index in [1.807, 2.05) is 0 Å². The second-order valence-corrected chi connectivity index (χ2v) is 52.6. The van der Waals surface area contributed by atoms with Gasteiger partial charge in [0.25, 0.3) is 0 Å². The minimum absolute atomic E-state index is 0. The molecule has 0 amide bonds. The average molecular weight is 406 g/mol. The van der Waals surface area contributed by atoms with Crippen LogP contribution in [-0.4, -0.2) is 0 Å². The normalized spacial score (nSPS) is 23.1. The molecule has 0 aromatic rings. The van der Waals surface area contributed by atoms with Crippen LogP contribution in [0.3, 0.4) is 0 Å². The van der Waals surface area contributed by atoms with Crippen molar-refractivity contribution in [1.29, 1.82) is 0 Å². The van der Waals surface area contributed by atoms with Crippen LogP contribution < -0.4 is 0 Å². The zero-order valence-corrected chi connectivity index (χ0v) is 9.53. The van der Waals surface area contributed by atoms with Gasteiger partial charge < -0.3 is 0 Å². The van der Waals surface area contributed by atoms with Gasteiger partial charge in [-0.25, -0.2) is 0 Å². The van der Waals surface area contributed by atoms with Crippen LogP contribution in [0.2, 0.25) is 0 Å². The Morgan fingerprint density at radius 2 is 0.714 bits per heavy atom. The fourth-order valence-electron chi connectivity index (χ4n) is 0. The topological polar surface area (TPSA) is 0 Å². The predicted molar refractivity (Wildman–Crippen MR) is 36.2 cm³/mol. The minimum Gasteiger partial charge on any atom is 1.00 e. The SMILES string of the molecule is [Cl][Ir-]([Cl])([Cl])([Cl])([Cl])[Cl].[H+]. The van der Waals surface area contributed by atoms with E-state index in [1.54, 1.807) is 0 Å². The summed E-state index contributed by atoms with van der Waals surface area (Å²) >= 11 is 0. The van der Waals surface area contributed by atoms with Crippen molar-refractivity contribution in [3.8, 4) is 0 Å². The van der Waals surface area contributed by atoms with Gasteiger partial charge in [-0.05, 0) is 0 Å². The van der Waals surface area contributed by atoms with Gasteiger partial charge in [0.1, 0.15) is 0 Å². The molecule has 0 aliphatic heterocycles. The summed E-state index contributed by atoms with van der Waals surface area (Å²) in [6.07, 6.45) is 0. The molecule has 0 aliphatic carbocycles. The second kappa shape index (κ2) is 1.51. The molecule has 0 spiro atoms. The summed E-state index contributed by atoms with van der Waals surface area (Å²) in [5.74, 6) is 0. The Labute approximate surface area is 65.0 Å². The Balaban J connectivity index is 0. The van der Waals surface area contributed by atoms with E-state index in [2.05, 4.69) is 0 Å². The van der Waals surface area contributed by atoms with Crippen LogP contribution in [0.15, 0.2) is 0 Å². The molecule has 0 bridgehead atoms. The third kappa shape index (κ3) is 60.0. The van der Waals surface area contributed by atoms with Crippen molar-refractivity contribution >= 4 is 57.5 Å². The number of hydrogen-bond donors (Lipinski definition) is 0. The molecular formula is HCl6Ir. The first-order valence-corrected chi connectivity index (χ1v) is 18.6. The Hall–Kier alpha value is 2.39. The van der Waals surface area contributed by atoms with Gasteiger partial charge in [-0.3, -0.25) is 0 Å². The maximum absolute atomic E-state index is 5.33. The number of halogens is 6. The molecule has 0 atom stereocenters. The third-order valence-electron chi connectivity index (χ3n) is 0. The quantitative estimate of drug-likeness (QED) is 0.565. The van der Waals surface area contributed by atoms with Crippen molar-refractivity contribution in [2.45, 2.75) is 0 Å². The van der Waals surface area contributed by atoms with E-state index in [4.69, 9.17) is 57.5 Å². The van der Waals surface area contributed by atoms with E-state index in [0.717, 1.165) is 0 Å². The molecule has 52 valence electrons. The van der Waals surface area contributed by atoms with Crippen molar-refractivity contribution in [2.24, 2.45) is 0 Å². The van der Waals surface area contributed by atoms with Gasteiger partial charge >= 0.3 is 65.7 Å². The first-order valence-electron chi connectivity index (χ1n) is 0.756. The summed E-state index contributed by atoms with van der Waals surface area (Å²) in [5, 5.41) is 0. The zero-order valence-electron chi connectivity index (χ0n) is 3.60. The van der Waals surface area contributed by atoms with E-state index < -0.39 is 6.81 Å². The summed E-state index contributed by atoms with van der Waals surface area (Å²) in [7, 11) is 30.3. The molecule has 0 aliphatic rings. The first kappa shape index (κ1) is 9.39. The standard InChI is InChI=1S/6ClH.Ir/h6*1H;/q;;;;;;+5/p-5. The van der Waals surface area contributed by atoms with Gasteiger partial charge in [-0.2, -0.15) is 0 Å². The zero-order chi connectivity index (χ0) is 6.41. The molecule has 0 aromatic heterocycles. The molecular weight excluding hydrogens is 405 g/mol. The fraction of sp³-hybridized carbons (Fsp3) is 0. The summed E-state index contributed by atoms with van der Waals surface area (Å²) in [6.45, 7) is -5.33.